The topological polar surface area (TPSA) is 65.4 Å². The van der Waals surface area contributed by atoms with Crippen LogP contribution in [0.15, 0.2) is 59.3 Å². The van der Waals surface area contributed by atoms with Gasteiger partial charge < -0.3 is 14.8 Å². The maximum absolute atomic E-state index is 12.7. The summed E-state index contributed by atoms with van der Waals surface area (Å²) < 4.78 is 13.6. The molecule has 0 aliphatic heterocycles. The Morgan fingerprint density at radius 3 is 2.68 bits per heavy atom. The number of anilines is 1. The molecule has 0 spiro atoms. The number of nitrogens with one attached hydrogen (secondary N) is 1. The van der Waals surface area contributed by atoms with Gasteiger partial charge in [-0.15, -0.1) is 0 Å². The van der Waals surface area contributed by atoms with Crippen molar-refractivity contribution in [1.82, 2.24) is 9.78 Å². The summed E-state index contributed by atoms with van der Waals surface area (Å²) in [5.74, 6) is 0.896. The summed E-state index contributed by atoms with van der Waals surface area (Å²) in [6, 6.07) is 13.0. The van der Waals surface area contributed by atoms with Crippen molar-refractivity contribution in [3.8, 4) is 11.5 Å². The third kappa shape index (κ3) is 4.92. The SMILES string of the molecule is CCCOc1c(Br)cc(C(=O)Nc2ccc(Cn3cccn3)cc2)cc1OC. The van der Waals surface area contributed by atoms with Gasteiger partial charge in [-0.05, 0) is 58.2 Å². The van der Waals surface area contributed by atoms with Gasteiger partial charge in [0.2, 0.25) is 0 Å². The van der Waals surface area contributed by atoms with Gasteiger partial charge in [-0.1, -0.05) is 19.1 Å². The first-order valence-corrected chi connectivity index (χ1v) is 9.78. The third-order valence-electron chi connectivity index (χ3n) is 4.06. The van der Waals surface area contributed by atoms with Crippen LogP contribution in [-0.2, 0) is 6.54 Å². The second kappa shape index (κ2) is 9.41. The molecule has 1 heterocycles. The number of carbonyl (C=O) groups excluding carboxylic acids is 1. The standard InChI is InChI=1S/C21H22BrN3O3/c1-3-11-28-20-18(22)12-16(13-19(20)27-2)21(26)24-17-7-5-15(6-8-17)14-25-10-4-9-23-25/h4-10,12-13H,3,11,14H2,1-2H3,(H,24,26). The van der Waals surface area contributed by atoms with Crippen molar-refractivity contribution < 1.29 is 14.3 Å². The number of amides is 1. The highest BCUT2D eigenvalue weighted by molar-refractivity contribution is 9.10. The lowest BCUT2D eigenvalue weighted by Gasteiger charge is -2.14. The lowest BCUT2D eigenvalue weighted by molar-refractivity contribution is 0.102. The highest BCUT2D eigenvalue weighted by Crippen LogP contribution is 2.37. The summed E-state index contributed by atoms with van der Waals surface area (Å²) in [4.78, 5) is 12.7. The van der Waals surface area contributed by atoms with Crippen LogP contribution in [0.3, 0.4) is 0 Å². The van der Waals surface area contributed by atoms with Gasteiger partial charge in [0.15, 0.2) is 11.5 Å². The predicted molar refractivity (Wildman–Crippen MR) is 112 cm³/mol. The number of hydrogen-bond donors (Lipinski definition) is 1. The van der Waals surface area contributed by atoms with Gasteiger partial charge in [0, 0.05) is 23.6 Å². The second-order valence-electron chi connectivity index (χ2n) is 6.19. The molecule has 28 heavy (non-hydrogen) atoms. The number of carbonyl (C=O) groups is 1. The molecular weight excluding hydrogens is 422 g/mol. The van der Waals surface area contributed by atoms with Gasteiger partial charge in [-0.2, -0.15) is 5.10 Å². The van der Waals surface area contributed by atoms with E-state index in [1.165, 1.54) is 0 Å². The Bertz CT molecular complexity index is 925. The van der Waals surface area contributed by atoms with Crippen molar-refractivity contribution in [2.75, 3.05) is 19.0 Å². The molecule has 0 bridgehead atoms. The molecule has 146 valence electrons. The van der Waals surface area contributed by atoms with Crippen molar-refractivity contribution in [2.24, 2.45) is 0 Å². The number of halogens is 1. The maximum Gasteiger partial charge on any atom is 0.255 e. The lowest BCUT2D eigenvalue weighted by atomic mass is 10.1. The van der Waals surface area contributed by atoms with E-state index in [2.05, 4.69) is 26.3 Å². The quantitative estimate of drug-likeness (QED) is 0.545. The number of nitrogens with zero attached hydrogens (tertiary/aromatic N) is 2. The van der Waals surface area contributed by atoms with Crippen LogP contribution in [0, 0.1) is 0 Å². The summed E-state index contributed by atoms with van der Waals surface area (Å²) in [5.41, 5.74) is 2.30. The minimum absolute atomic E-state index is 0.221. The second-order valence-corrected chi connectivity index (χ2v) is 7.05. The molecule has 0 unspecified atom stereocenters. The number of methoxy groups -OCH3 is 1. The zero-order chi connectivity index (χ0) is 19.9. The van der Waals surface area contributed by atoms with Crippen molar-refractivity contribution in [3.05, 3.63) is 70.5 Å². The monoisotopic (exact) mass is 443 g/mol. The van der Waals surface area contributed by atoms with Gasteiger partial charge in [-0.3, -0.25) is 9.48 Å². The molecule has 0 saturated carbocycles. The first-order chi connectivity index (χ1) is 13.6. The molecule has 3 rings (SSSR count). The predicted octanol–water partition coefficient (Wildman–Crippen LogP) is 4.74. The third-order valence-corrected chi connectivity index (χ3v) is 4.65. The van der Waals surface area contributed by atoms with Crippen molar-refractivity contribution in [2.45, 2.75) is 19.9 Å². The van der Waals surface area contributed by atoms with E-state index >= 15 is 0 Å². The number of hydrogen-bond acceptors (Lipinski definition) is 4. The van der Waals surface area contributed by atoms with E-state index in [-0.39, 0.29) is 5.91 Å². The van der Waals surface area contributed by atoms with E-state index in [1.807, 2.05) is 48.1 Å². The fourth-order valence-electron chi connectivity index (χ4n) is 2.67. The van der Waals surface area contributed by atoms with E-state index in [0.29, 0.717) is 34.7 Å². The van der Waals surface area contributed by atoms with E-state index in [4.69, 9.17) is 9.47 Å². The zero-order valence-electron chi connectivity index (χ0n) is 15.8. The molecule has 0 fully saturated rings. The van der Waals surface area contributed by atoms with Crippen LogP contribution in [0.4, 0.5) is 5.69 Å². The highest BCUT2D eigenvalue weighted by Gasteiger charge is 2.16. The van der Waals surface area contributed by atoms with Gasteiger partial charge >= 0.3 is 0 Å². The Kier molecular flexibility index (Phi) is 6.71. The summed E-state index contributed by atoms with van der Waals surface area (Å²) >= 11 is 3.47. The molecule has 2 aromatic carbocycles. The smallest absolute Gasteiger partial charge is 0.255 e. The first kappa shape index (κ1) is 19.9. The molecular formula is C21H22BrN3O3. The van der Waals surface area contributed by atoms with Gasteiger partial charge in [0.1, 0.15) is 0 Å². The fraction of sp³-hybridized carbons (Fsp3) is 0.238. The molecule has 1 aromatic heterocycles. The minimum Gasteiger partial charge on any atom is -0.493 e. The summed E-state index contributed by atoms with van der Waals surface area (Å²) in [5, 5.41) is 7.10. The number of aromatic nitrogens is 2. The Labute approximate surface area is 172 Å². The van der Waals surface area contributed by atoms with Crippen molar-refractivity contribution >= 4 is 27.5 Å². The maximum atomic E-state index is 12.7. The van der Waals surface area contributed by atoms with Gasteiger partial charge in [-0.25, -0.2) is 0 Å². The lowest BCUT2D eigenvalue weighted by Crippen LogP contribution is -2.12. The Hall–Kier alpha value is -2.80. The van der Waals surface area contributed by atoms with E-state index < -0.39 is 0 Å². The summed E-state index contributed by atoms with van der Waals surface area (Å²) in [7, 11) is 1.56. The Balaban J connectivity index is 1.71. The van der Waals surface area contributed by atoms with Crippen molar-refractivity contribution in [3.63, 3.8) is 0 Å². The van der Waals surface area contributed by atoms with E-state index in [0.717, 1.165) is 17.7 Å². The molecule has 1 N–H and O–H groups in total. The molecule has 0 aliphatic carbocycles. The minimum atomic E-state index is -0.221. The number of rotatable bonds is 8. The molecule has 0 saturated heterocycles. The molecule has 0 atom stereocenters. The van der Waals surface area contributed by atoms with Crippen molar-refractivity contribution in [1.29, 1.82) is 0 Å². The molecule has 0 radical (unpaired) electrons. The largest absolute Gasteiger partial charge is 0.493 e. The summed E-state index contributed by atoms with van der Waals surface area (Å²) in [6.07, 6.45) is 4.54. The van der Waals surface area contributed by atoms with E-state index in [1.54, 1.807) is 25.4 Å². The Morgan fingerprint density at radius 1 is 1.25 bits per heavy atom. The normalized spacial score (nSPS) is 10.5. The van der Waals surface area contributed by atoms with E-state index in [9.17, 15) is 4.79 Å². The first-order valence-electron chi connectivity index (χ1n) is 8.98. The van der Waals surface area contributed by atoms with Crippen LogP contribution in [0.5, 0.6) is 11.5 Å². The highest BCUT2D eigenvalue weighted by atomic mass is 79.9. The molecule has 3 aromatic rings. The van der Waals surface area contributed by atoms with Crippen LogP contribution >= 0.6 is 15.9 Å². The van der Waals surface area contributed by atoms with Gasteiger partial charge in [0.05, 0.1) is 24.7 Å². The zero-order valence-corrected chi connectivity index (χ0v) is 17.4. The summed E-state index contributed by atoms with van der Waals surface area (Å²) in [6.45, 7) is 3.29. The van der Waals surface area contributed by atoms with Crippen LogP contribution in [0.25, 0.3) is 0 Å². The Morgan fingerprint density at radius 2 is 2.04 bits per heavy atom. The van der Waals surface area contributed by atoms with Crippen LogP contribution in [-0.4, -0.2) is 29.4 Å². The number of benzene rings is 2. The van der Waals surface area contributed by atoms with Gasteiger partial charge in [0.25, 0.3) is 5.91 Å². The average Bonchev–Trinajstić information content (AvgIpc) is 3.21. The van der Waals surface area contributed by atoms with Crippen LogP contribution in [0.2, 0.25) is 0 Å². The average molecular weight is 444 g/mol. The fourth-order valence-corrected chi connectivity index (χ4v) is 3.23. The molecule has 1 amide bonds. The van der Waals surface area contributed by atoms with Crippen LogP contribution < -0.4 is 14.8 Å². The molecule has 0 aliphatic rings. The molecule has 6 nitrogen and oxygen atoms in total. The molecule has 7 heteroatoms. The van der Waals surface area contributed by atoms with Crippen LogP contribution in [0.1, 0.15) is 29.3 Å². The number of ether oxygens (including phenoxy) is 2.